The molecular formula is C17H14BrN3O2S. The van der Waals surface area contributed by atoms with Crippen molar-refractivity contribution in [3.8, 4) is 16.3 Å². The van der Waals surface area contributed by atoms with E-state index in [9.17, 15) is 4.79 Å². The molecule has 0 spiro atoms. The summed E-state index contributed by atoms with van der Waals surface area (Å²) in [4.78, 5) is 12.3. The summed E-state index contributed by atoms with van der Waals surface area (Å²) in [5.74, 6) is 0.588. The molecule has 0 aliphatic heterocycles. The number of hydrogen-bond donors (Lipinski definition) is 1. The molecular weight excluding hydrogens is 390 g/mol. The Balaban J connectivity index is 1.73. The molecule has 0 radical (unpaired) electrons. The first kappa shape index (κ1) is 16.6. The SMILES string of the molecule is CCOc1ccc(-c2nnc(NC(=O)c3ccccc3Br)s2)cc1. The minimum Gasteiger partial charge on any atom is -0.494 e. The van der Waals surface area contributed by atoms with E-state index in [1.54, 1.807) is 6.07 Å². The summed E-state index contributed by atoms with van der Waals surface area (Å²) in [6.07, 6.45) is 0. The van der Waals surface area contributed by atoms with E-state index in [0.717, 1.165) is 20.8 Å². The lowest BCUT2D eigenvalue weighted by Crippen LogP contribution is -2.12. The second-order valence-corrected chi connectivity index (χ2v) is 6.64. The first-order chi connectivity index (χ1) is 11.7. The van der Waals surface area contributed by atoms with Crippen LogP contribution in [-0.4, -0.2) is 22.7 Å². The van der Waals surface area contributed by atoms with E-state index < -0.39 is 0 Å². The third-order valence-corrected chi connectivity index (χ3v) is 4.76. The average Bonchev–Trinajstić information content (AvgIpc) is 3.04. The third-order valence-electron chi connectivity index (χ3n) is 3.18. The van der Waals surface area contributed by atoms with Crippen molar-refractivity contribution in [3.05, 3.63) is 58.6 Å². The molecule has 0 fully saturated rings. The largest absolute Gasteiger partial charge is 0.494 e. The van der Waals surface area contributed by atoms with Crippen molar-refractivity contribution < 1.29 is 9.53 Å². The quantitative estimate of drug-likeness (QED) is 0.674. The van der Waals surface area contributed by atoms with Crippen LogP contribution in [0.1, 0.15) is 17.3 Å². The molecule has 0 atom stereocenters. The highest BCUT2D eigenvalue weighted by Crippen LogP contribution is 2.28. The van der Waals surface area contributed by atoms with Crippen molar-refractivity contribution in [1.82, 2.24) is 10.2 Å². The lowest BCUT2D eigenvalue weighted by atomic mass is 10.2. The van der Waals surface area contributed by atoms with Gasteiger partial charge in [0, 0.05) is 10.0 Å². The van der Waals surface area contributed by atoms with Crippen LogP contribution in [0.2, 0.25) is 0 Å². The normalized spacial score (nSPS) is 10.4. The van der Waals surface area contributed by atoms with E-state index in [1.807, 2.05) is 49.4 Å². The molecule has 0 saturated carbocycles. The Bertz CT molecular complexity index is 849. The van der Waals surface area contributed by atoms with Crippen molar-refractivity contribution in [2.24, 2.45) is 0 Å². The third kappa shape index (κ3) is 3.80. The summed E-state index contributed by atoms with van der Waals surface area (Å²) >= 11 is 4.69. The van der Waals surface area contributed by atoms with E-state index in [1.165, 1.54) is 11.3 Å². The first-order valence-corrected chi connectivity index (χ1v) is 8.91. The molecule has 5 nitrogen and oxygen atoms in total. The van der Waals surface area contributed by atoms with Gasteiger partial charge < -0.3 is 4.74 Å². The number of ether oxygens (including phenoxy) is 1. The van der Waals surface area contributed by atoms with E-state index >= 15 is 0 Å². The second-order valence-electron chi connectivity index (χ2n) is 4.80. The topological polar surface area (TPSA) is 64.1 Å². The predicted molar refractivity (Wildman–Crippen MR) is 98.6 cm³/mol. The smallest absolute Gasteiger partial charge is 0.258 e. The van der Waals surface area contributed by atoms with Crippen LogP contribution in [0, 0.1) is 0 Å². The molecule has 0 bridgehead atoms. The van der Waals surface area contributed by atoms with Crippen LogP contribution in [0.4, 0.5) is 5.13 Å². The van der Waals surface area contributed by atoms with Crippen LogP contribution in [0.25, 0.3) is 10.6 Å². The first-order valence-electron chi connectivity index (χ1n) is 7.30. The highest BCUT2D eigenvalue weighted by molar-refractivity contribution is 9.10. The molecule has 0 aliphatic rings. The van der Waals surface area contributed by atoms with Crippen LogP contribution in [0.15, 0.2) is 53.0 Å². The Morgan fingerprint density at radius 3 is 2.62 bits per heavy atom. The van der Waals surface area contributed by atoms with Gasteiger partial charge in [-0.05, 0) is 59.3 Å². The molecule has 0 unspecified atom stereocenters. The van der Waals surface area contributed by atoms with Crippen LogP contribution < -0.4 is 10.1 Å². The fraction of sp³-hybridized carbons (Fsp3) is 0.118. The summed E-state index contributed by atoms with van der Waals surface area (Å²) < 4.78 is 6.16. The monoisotopic (exact) mass is 403 g/mol. The maximum absolute atomic E-state index is 12.3. The minimum atomic E-state index is -0.225. The lowest BCUT2D eigenvalue weighted by Gasteiger charge is -2.03. The van der Waals surface area contributed by atoms with E-state index in [-0.39, 0.29) is 5.91 Å². The molecule has 3 aromatic rings. The lowest BCUT2D eigenvalue weighted by molar-refractivity contribution is 0.102. The number of nitrogens with one attached hydrogen (secondary N) is 1. The molecule has 3 rings (SSSR count). The fourth-order valence-corrected chi connectivity index (χ4v) is 3.27. The Labute approximate surface area is 151 Å². The van der Waals surface area contributed by atoms with E-state index in [2.05, 4.69) is 31.4 Å². The number of nitrogens with zero attached hydrogens (tertiary/aromatic N) is 2. The van der Waals surface area contributed by atoms with Crippen molar-refractivity contribution in [1.29, 1.82) is 0 Å². The van der Waals surface area contributed by atoms with Crippen molar-refractivity contribution in [2.45, 2.75) is 6.92 Å². The maximum Gasteiger partial charge on any atom is 0.258 e. The second kappa shape index (κ2) is 7.55. The maximum atomic E-state index is 12.3. The Morgan fingerprint density at radius 2 is 1.92 bits per heavy atom. The number of carbonyl (C=O) groups excluding carboxylic acids is 1. The number of amides is 1. The highest BCUT2D eigenvalue weighted by Gasteiger charge is 2.13. The van der Waals surface area contributed by atoms with E-state index in [4.69, 9.17) is 4.74 Å². The van der Waals surface area contributed by atoms with Gasteiger partial charge >= 0.3 is 0 Å². The molecule has 24 heavy (non-hydrogen) atoms. The summed E-state index contributed by atoms with van der Waals surface area (Å²) in [6.45, 7) is 2.57. The van der Waals surface area contributed by atoms with Gasteiger partial charge in [-0.1, -0.05) is 23.5 Å². The fourth-order valence-electron chi connectivity index (χ4n) is 2.06. The number of halogens is 1. The highest BCUT2D eigenvalue weighted by atomic mass is 79.9. The summed E-state index contributed by atoms with van der Waals surface area (Å²) in [6, 6.07) is 14.9. The molecule has 1 aromatic heterocycles. The molecule has 122 valence electrons. The van der Waals surface area contributed by atoms with Crippen molar-refractivity contribution in [3.63, 3.8) is 0 Å². The zero-order chi connectivity index (χ0) is 16.9. The zero-order valence-electron chi connectivity index (χ0n) is 12.8. The van der Waals surface area contributed by atoms with Gasteiger partial charge in [-0.2, -0.15) is 0 Å². The summed E-state index contributed by atoms with van der Waals surface area (Å²) in [5, 5.41) is 12.1. The molecule has 2 aromatic carbocycles. The van der Waals surface area contributed by atoms with Gasteiger partial charge in [-0.15, -0.1) is 10.2 Å². The summed E-state index contributed by atoms with van der Waals surface area (Å²) in [5.41, 5.74) is 1.48. The van der Waals surface area contributed by atoms with Gasteiger partial charge in [0.05, 0.1) is 12.2 Å². The summed E-state index contributed by atoms with van der Waals surface area (Å²) in [7, 11) is 0. The predicted octanol–water partition coefficient (Wildman–Crippen LogP) is 4.62. The van der Waals surface area contributed by atoms with Crippen LogP contribution in [-0.2, 0) is 0 Å². The Hall–Kier alpha value is -2.25. The Morgan fingerprint density at radius 1 is 1.17 bits per heavy atom. The average molecular weight is 404 g/mol. The van der Waals surface area contributed by atoms with Crippen LogP contribution >= 0.6 is 27.3 Å². The number of aromatic nitrogens is 2. The van der Waals surface area contributed by atoms with Gasteiger partial charge in [-0.3, -0.25) is 10.1 Å². The van der Waals surface area contributed by atoms with E-state index in [0.29, 0.717) is 17.3 Å². The molecule has 1 N–H and O–H groups in total. The number of rotatable bonds is 5. The molecule has 1 amide bonds. The van der Waals surface area contributed by atoms with Gasteiger partial charge in [-0.25, -0.2) is 0 Å². The standard InChI is InChI=1S/C17H14BrN3O2S/c1-2-23-12-9-7-11(8-10-12)16-20-21-17(24-16)19-15(22)13-5-3-4-6-14(13)18/h3-10H,2H2,1H3,(H,19,21,22). The van der Waals surface area contributed by atoms with Gasteiger partial charge in [0.25, 0.3) is 5.91 Å². The van der Waals surface area contributed by atoms with Crippen LogP contribution in [0.5, 0.6) is 5.75 Å². The molecule has 1 heterocycles. The molecule has 0 aliphatic carbocycles. The Kier molecular flexibility index (Phi) is 5.22. The van der Waals surface area contributed by atoms with Crippen molar-refractivity contribution in [2.75, 3.05) is 11.9 Å². The van der Waals surface area contributed by atoms with Gasteiger partial charge in [0.15, 0.2) is 0 Å². The van der Waals surface area contributed by atoms with Crippen LogP contribution in [0.3, 0.4) is 0 Å². The number of anilines is 1. The molecule has 7 heteroatoms. The molecule has 0 saturated heterocycles. The van der Waals surface area contributed by atoms with Crippen molar-refractivity contribution >= 4 is 38.3 Å². The minimum absolute atomic E-state index is 0.225. The number of benzene rings is 2. The van der Waals surface area contributed by atoms with Gasteiger partial charge in [0.2, 0.25) is 5.13 Å². The van der Waals surface area contributed by atoms with Gasteiger partial charge in [0.1, 0.15) is 10.8 Å². The number of carbonyl (C=O) groups is 1. The number of hydrogen-bond acceptors (Lipinski definition) is 5. The zero-order valence-corrected chi connectivity index (χ0v) is 15.2.